The molecule has 1 rings (SSSR count). The average molecular weight is 271 g/mol. The van der Waals surface area contributed by atoms with E-state index in [9.17, 15) is 4.39 Å². The molecule has 1 nitrogen and oxygen atoms in total. The van der Waals surface area contributed by atoms with Crippen LogP contribution in [-0.4, -0.2) is 0 Å². The Bertz CT molecular complexity index is 214. The highest BCUT2D eigenvalue weighted by atomic mass is 127. The van der Waals surface area contributed by atoms with Crippen molar-refractivity contribution in [3.8, 4) is 0 Å². The zero-order valence-electron chi connectivity index (χ0n) is 4.87. The maximum atomic E-state index is 12.6. The average Bonchev–Trinajstić information content (AvgIpc) is 1.84. The SMILES string of the molecule is Nc1cc(Cl)c(I)cc1F. The molecule has 0 amide bonds. The maximum absolute atomic E-state index is 12.6. The molecule has 0 bridgehead atoms. The molecule has 0 saturated carbocycles. The number of hydrogen-bond donors (Lipinski definition) is 1. The van der Waals surface area contributed by atoms with Crippen LogP contribution in [0, 0.1) is 9.39 Å². The Morgan fingerprint density at radius 3 is 2.60 bits per heavy atom. The number of nitrogens with two attached hydrogens (primary N) is 1. The van der Waals surface area contributed by atoms with Gasteiger partial charge in [-0.2, -0.15) is 0 Å². The van der Waals surface area contributed by atoms with Gasteiger partial charge in [0.25, 0.3) is 0 Å². The van der Waals surface area contributed by atoms with E-state index in [2.05, 4.69) is 0 Å². The van der Waals surface area contributed by atoms with Crippen molar-refractivity contribution in [3.05, 3.63) is 26.5 Å². The maximum Gasteiger partial charge on any atom is 0.147 e. The highest BCUT2D eigenvalue weighted by molar-refractivity contribution is 14.1. The molecule has 0 unspecified atom stereocenters. The van der Waals surface area contributed by atoms with E-state index >= 15 is 0 Å². The van der Waals surface area contributed by atoms with Gasteiger partial charge in [-0.05, 0) is 34.7 Å². The molecular formula is C6H4ClFIN. The van der Waals surface area contributed by atoms with Gasteiger partial charge in [0.05, 0.1) is 10.7 Å². The fraction of sp³-hybridized carbons (Fsp3) is 0. The van der Waals surface area contributed by atoms with Gasteiger partial charge in [-0.15, -0.1) is 0 Å². The van der Waals surface area contributed by atoms with E-state index in [1.807, 2.05) is 22.6 Å². The van der Waals surface area contributed by atoms with Gasteiger partial charge in [-0.1, -0.05) is 11.6 Å². The summed E-state index contributed by atoms with van der Waals surface area (Å²) in [5.41, 5.74) is 5.32. The molecule has 0 aliphatic rings. The summed E-state index contributed by atoms with van der Waals surface area (Å²) >= 11 is 7.57. The van der Waals surface area contributed by atoms with Crippen LogP contribution in [0.5, 0.6) is 0 Å². The van der Waals surface area contributed by atoms with Crippen LogP contribution < -0.4 is 5.73 Å². The number of anilines is 1. The van der Waals surface area contributed by atoms with Gasteiger partial charge in [0.15, 0.2) is 0 Å². The van der Waals surface area contributed by atoms with E-state index in [1.54, 1.807) is 0 Å². The van der Waals surface area contributed by atoms with E-state index in [-0.39, 0.29) is 5.69 Å². The molecule has 0 aliphatic carbocycles. The topological polar surface area (TPSA) is 26.0 Å². The van der Waals surface area contributed by atoms with Gasteiger partial charge in [0.2, 0.25) is 0 Å². The van der Waals surface area contributed by atoms with Gasteiger partial charge in [-0.3, -0.25) is 0 Å². The van der Waals surface area contributed by atoms with Crippen molar-refractivity contribution in [3.63, 3.8) is 0 Å². The van der Waals surface area contributed by atoms with Gasteiger partial charge < -0.3 is 5.73 Å². The smallest absolute Gasteiger partial charge is 0.147 e. The van der Waals surface area contributed by atoms with Crippen LogP contribution in [0.25, 0.3) is 0 Å². The minimum atomic E-state index is -0.422. The predicted octanol–water partition coefficient (Wildman–Crippen LogP) is 2.67. The Morgan fingerprint density at radius 1 is 1.50 bits per heavy atom. The van der Waals surface area contributed by atoms with Crippen LogP contribution in [0.3, 0.4) is 0 Å². The van der Waals surface area contributed by atoms with Crippen molar-refractivity contribution < 1.29 is 4.39 Å². The standard InChI is InChI=1S/C6H4ClFIN/c7-3-1-6(10)4(8)2-5(3)9/h1-2H,10H2. The summed E-state index contributed by atoms with van der Waals surface area (Å²) in [5.74, 6) is -0.422. The molecule has 0 atom stereocenters. The summed E-state index contributed by atoms with van der Waals surface area (Å²) in [5, 5.41) is 0.486. The van der Waals surface area contributed by atoms with Gasteiger partial charge in [0, 0.05) is 3.57 Å². The highest BCUT2D eigenvalue weighted by Gasteiger charge is 2.02. The van der Waals surface area contributed by atoms with Crippen molar-refractivity contribution >= 4 is 39.9 Å². The second-order valence-electron chi connectivity index (χ2n) is 1.79. The molecule has 0 saturated heterocycles. The number of halogens is 3. The molecule has 10 heavy (non-hydrogen) atoms. The number of benzene rings is 1. The van der Waals surface area contributed by atoms with Crippen molar-refractivity contribution in [1.29, 1.82) is 0 Å². The Morgan fingerprint density at radius 2 is 2.10 bits per heavy atom. The van der Waals surface area contributed by atoms with E-state index in [0.717, 1.165) is 0 Å². The minimum Gasteiger partial charge on any atom is -0.396 e. The van der Waals surface area contributed by atoms with Crippen molar-refractivity contribution in [1.82, 2.24) is 0 Å². The summed E-state index contributed by atoms with van der Waals surface area (Å²) in [6, 6.07) is 2.71. The van der Waals surface area contributed by atoms with E-state index in [1.165, 1.54) is 12.1 Å². The second-order valence-corrected chi connectivity index (χ2v) is 3.36. The fourth-order valence-electron chi connectivity index (χ4n) is 0.538. The summed E-state index contributed by atoms with van der Waals surface area (Å²) in [6.45, 7) is 0. The van der Waals surface area contributed by atoms with Crippen molar-refractivity contribution in [2.24, 2.45) is 0 Å². The number of hydrogen-bond acceptors (Lipinski definition) is 1. The Kier molecular flexibility index (Phi) is 2.36. The van der Waals surface area contributed by atoms with E-state index in [4.69, 9.17) is 17.3 Å². The second kappa shape index (κ2) is 2.92. The fourth-order valence-corrected chi connectivity index (χ4v) is 1.14. The van der Waals surface area contributed by atoms with Crippen molar-refractivity contribution in [2.75, 3.05) is 5.73 Å². The molecule has 54 valence electrons. The molecule has 0 fully saturated rings. The summed E-state index contributed by atoms with van der Waals surface area (Å²) in [4.78, 5) is 0. The molecule has 2 N–H and O–H groups in total. The third-order valence-corrected chi connectivity index (χ3v) is 2.56. The Labute approximate surface area is 76.5 Å². The molecule has 0 heterocycles. The van der Waals surface area contributed by atoms with Crippen LogP contribution in [0.1, 0.15) is 0 Å². The monoisotopic (exact) mass is 271 g/mol. The molecule has 1 aromatic carbocycles. The first-order valence-corrected chi connectivity index (χ1v) is 3.97. The highest BCUT2D eigenvalue weighted by Crippen LogP contribution is 2.23. The predicted molar refractivity (Wildman–Crippen MR) is 48.5 cm³/mol. The lowest BCUT2D eigenvalue weighted by Crippen LogP contribution is -1.90. The molecule has 0 spiro atoms. The van der Waals surface area contributed by atoms with Gasteiger partial charge >= 0.3 is 0 Å². The minimum absolute atomic E-state index is 0.0883. The summed E-state index contributed by atoms with van der Waals surface area (Å²) in [7, 11) is 0. The first-order chi connectivity index (χ1) is 4.61. The zero-order chi connectivity index (χ0) is 7.72. The molecule has 0 aliphatic heterocycles. The third-order valence-electron chi connectivity index (χ3n) is 1.04. The summed E-state index contributed by atoms with van der Waals surface area (Å²) < 4.78 is 13.2. The van der Waals surface area contributed by atoms with Crippen LogP contribution in [0.4, 0.5) is 10.1 Å². The Hall–Kier alpha value is -0.0300. The molecule has 0 aromatic heterocycles. The molecule has 1 aromatic rings. The summed E-state index contributed by atoms with van der Waals surface area (Å²) in [6.07, 6.45) is 0. The number of rotatable bonds is 0. The normalized spacial score (nSPS) is 9.90. The van der Waals surface area contributed by atoms with Crippen molar-refractivity contribution in [2.45, 2.75) is 0 Å². The van der Waals surface area contributed by atoms with Crippen LogP contribution in [0.2, 0.25) is 5.02 Å². The van der Waals surface area contributed by atoms with E-state index in [0.29, 0.717) is 8.59 Å². The Balaban J connectivity index is 3.28. The number of nitrogen functional groups attached to an aromatic ring is 1. The zero-order valence-corrected chi connectivity index (χ0v) is 7.78. The molecular weight excluding hydrogens is 267 g/mol. The van der Waals surface area contributed by atoms with Crippen LogP contribution in [0.15, 0.2) is 12.1 Å². The lowest BCUT2D eigenvalue weighted by Gasteiger charge is -1.98. The van der Waals surface area contributed by atoms with E-state index < -0.39 is 5.82 Å². The third kappa shape index (κ3) is 1.52. The van der Waals surface area contributed by atoms with Gasteiger partial charge in [0.1, 0.15) is 5.82 Å². The molecule has 4 heteroatoms. The first-order valence-electron chi connectivity index (χ1n) is 2.51. The molecule has 0 radical (unpaired) electrons. The lowest BCUT2D eigenvalue weighted by molar-refractivity contribution is 0.631. The quantitative estimate of drug-likeness (QED) is 0.438. The van der Waals surface area contributed by atoms with Gasteiger partial charge in [-0.25, -0.2) is 4.39 Å². The lowest BCUT2D eigenvalue weighted by atomic mass is 10.3. The largest absolute Gasteiger partial charge is 0.396 e. The van der Waals surface area contributed by atoms with Crippen LogP contribution >= 0.6 is 34.2 Å². The first kappa shape index (κ1) is 8.07. The van der Waals surface area contributed by atoms with Crippen LogP contribution in [-0.2, 0) is 0 Å².